The van der Waals surface area contributed by atoms with Crippen LogP contribution >= 0.6 is 0 Å². The second-order valence-corrected chi connectivity index (χ2v) is 10.4. The molecule has 210 valence electrons. The van der Waals surface area contributed by atoms with E-state index in [1.165, 1.54) is 0 Å². The Balaban J connectivity index is 1.28. The van der Waals surface area contributed by atoms with Crippen molar-refractivity contribution in [3.63, 3.8) is 0 Å². The molecule has 0 saturated heterocycles. The lowest BCUT2D eigenvalue weighted by Gasteiger charge is -2.10. The van der Waals surface area contributed by atoms with Crippen molar-refractivity contribution in [2.24, 2.45) is 0 Å². The summed E-state index contributed by atoms with van der Waals surface area (Å²) in [5.74, 6) is 1.62. The second kappa shape index (κ2) is 11.7. The van der Waals surface area contributed by atoms with Crippen LogP contribution in [-0.2, 0) is 0 Å². The number of hydrogen-bond acceptors (Lipinski definition) is 7. The molecule has 2 aromatic carbocycles. The van der Waals surface area contributed by atoms with E-state index in [2.05, 4.69) is 44.2 Å². The Kier molecular flexibility index (Phi) is 7.18. The fraction of sp³-hybridized carbons (Fsp3) is 0.0541. The van der Waals surface area contributed by atoms with Crippen LogP contribution in [0.15, 0.2) is 128 Å². The molecular weight excluding hydrogens is 542 g/mol. The molecule has 0 aliphatic carbocycles. The zero-order chi connectivity index (χ0) is 29.9. The van der Waals surface area contributed by atoms with Crippen LogP contribution < -0.4 is 0 Å². The van der Waals surface area contributed by atoms with Crippen molar-refractivity contribution in [3.05, 3.63) is 139 Å². The van der Waals surface area contributed by atoms with E-state index in [0.29, 0.717) is 17.5 Å². The highest BCUT2D eigenvalue weighted by atomic mass is 15.0. The van der Waals surface area contributed by atoms with Crippen molar-refractivity contribution < 1.29 is 0 Å². The fourth-order valence-electron chi connectivity index (χ4n) is 4.93. The first-order chi connectivity index (χ1) is 21.6. The van der Waals surface area contributed by atoms with Crippen LogP contribution in [0.5, 0.6) is 0 Å². The fourth-order valence-corrected chi connectivity index (χ4v) is 4.93. The van der Waals surface area contributed by atoms with Gasteiger partial charge in [0.1, 0.15) is 0 Å². The van der Waals surface area contributed by atoms with Crippen molar-refractivity contribution in [3.8, 4) is 68.1 Å². The molecule has 0 N–H and O–H groups in total. The van der Waals surface area contributed by atoms with Gasteiger partial charge in [0, 0.05) is 40.5 Å². The molecule has 44 heavy (non-hydrogen) atoms. The number of aromatic nitrogens is 7. The van der Waals surface area contributed by atoms with Crippen LogP contribution in [0.1, 0.15) is 11.4 Å². The molecule has 0 spiro atoms. The normalized spacial score (nSPS) is 11.0. The average Bonchev–Trinajstić information content (AvgIpc) is 3.09. The lowest BCUT2D eigenvalue weighted by molar-refractivity contribution is 1.07. The highest BCUT2D eigenvalue weighted by Crippen LogP contribution is 2.28. The molecule has 0 amide bonds. The molecule has 0 aliphatic rings. The maximum Gasteiger partial charge on any atom is 0.165 e. The number of nitrogens with zero attached hydrogens (tertiary/aromatic N) is 7. The molecule has 5 aromatic heterocycles. The maximum absolute atomic E-state index is 4.88. The monoisotopic (exact) mass is 569 g/mol. The third kappa shape index (κ3) is 5.71. The Labute approximate surface area is 255 Å². The van der Waals surface area contributed by atoms with Gasteiger partial charge in [-0.25, -0.2) is 15.0 Å². The minimum Gasteiger partial charge on any atom is -0.254 e. The molecule has 0 radical (unpaired) electrons. The summed E-state index contributed by atoms with van der Waals surface area (Å²) in [7, 11) is 0. The van der Waals surface area contributed by atoms with Gasteiger partial charge >= 0.3 is 0 Å². The molecular formula is C37H27N7. The van der Waals surface area contributed by atoms with Crippen LogP contribution in [0, 0.1) is 13.8 Å². The van der Waals surface area contributed by atoms with Gasteiger partial charge in [-0.05, 0) is 73.5 Å². The van der Waals surface area contributed by atoms with E-state index in [1.54, 1.807) is 12.4 Å². The summed E-state index contributed by atoms with van der Waals surface area (Å²) in [5, 5.41) is 0. The Bertz CT molecular complexity index is 1950. The summed E-state index contributed by atoms with van der Waals surface area (Å²) in [4.78, 5) is 33.2. The van der Waals surface area contributed by atoms with E-state index in [-0.39, 0.29) is 0 Å². The van der Waals surface area contributed by atoms with Crippen LogP contribution in [0.25, 0.3) is 68.1 Å². The second-order valence-electron chi connectivity index (χ2n) is 10.4. The standard InChI is InChI=1S/C37H27N7/c1-24-8-6-12-33(40-24)31-20-18-29(22-38-31)36-42-35(28-16-14-27(15-17-28)26-10-4-3-5-11-26)43-37(44-36)30-19-21-32(39-23-30)34-13-7-9-25(2)41-34/h3-23H,1-2H3. The quantitative estimate of drug-likeness (QED) is 0.200. The zero-order valence-electron chi connectivity index (χ0n) is 24.3. The van der Waals surface area contributed by atoms with Gasteiger partial charge < -0.3 is 0 Å². The number of aryl methyl sites for hydroxylation is 2. The average molecular weight is 570 g/mol. The molecule has 7 rings (SSSR count). The molecule has 0 saturated carbocycles. The van der Waals surface area contributed by atoms with Gasteiger partial charge in [-0.3, -0.25) is 19.9 Å². The van der Waals surface area contributed by atoms with Crippen LogP contribution in [0.2, 0.25) is 0 Å². The first kappa shape index (κ1) is 26.9. The minimum absolute atomic E-state index is 0.526. The van der Waals surface area contributed by atoms with E-state index in [9.17, 15) is 0 Å². The smallest absolute Gasteiger partial charge is 0.165 e. The van der Waals surface area contributed by atoms with E-state index in [1.807, 2.05) is 105 Å². The van der Waals surface area contributed by atoms with Gasteiger partial charge in [0.05, 0.1) is 22.8 Å². The Morgan fingerprint density at radius 3 is 1.20 bits per heavy atom. The van der Waals surface area contributed by atoms with Crippen molar-refractivity contribution in [1.29, 1.82) is 0 Å². The van der Waals surface area contributed by atoms with Gasteiger partial charge in [-0.1, -0.05) is 66.7 Å². The first-order valence-electron chi connectivity index (χ1n) is 14.3. The zero-order valence-corrected chi connectivity index (χ0v) is 24.3. The molecule has 7 nitrogen and oxygen atoms in total. The minimum atomic E-state index is 0.526. The summed E-state index contributed by atoms with van der Waals surface area (Å²) in [6.45, 7) is 3.94. The van der Waals surface area contributed by atoms with Crippen molar-refractivity contribution in [2.75, 3.05) is 0 Å². The van der Waals surface area contributed by atoms with E-state index in [4.69, 9.17) is 15.0 Å². The summed E-state index contributed by atoms with van der Waals surface area (Å²) >= 11 is 0. The highest BCUT2D eigenvalue weighted by Gasteiger charge is 2.14. The largest absolute Gasteiger partial charge is 0.254 e. The molecule has 0 bridgehead atoms. The lowest BCUT2D eigenvalue weighted by Crippen LogP contribution is -2.01. The predicted octanol–water partition coefficient (Wildman–Crippen LogP) is 8.07. The first-order valence-corrected chi connectivity index (χ1v) is 14.3. The maximum atomic E-state index is 4.88. The van der Waals surface area contributed by atoms with Crippen molar-refractivity contribution >= 4 is 0 Å². The van der Waals surface area contributed by atoms with E-state index in [0.717, 1.165) is 62.0 Å². The number of rotatable bonds is 6. The number of benzene rings is 2. The highest BCUT2D eigenvalue weighted by molar-refractivity contribution is 5.71. The van der Waals surface area contributed by atoms with E-state index < -0.39 is 0 Å². The summed E-state index contributed by atoms with van der Waals surface area (Å²) in [5.41, 5.74) is 9.81. The molecule has 7 aromatic rings. The predicted molar refractivity (Wildman–Crippen MR) is 173 cm³/mol. The van der Waals surface area contributed by atoms with Gasteiger partial charge in [0.25, 0.3) is 0 Å². The van der Waals surface area contributed by atoms with Crippen molar-refractivity contribution in [2.45, 2.75) is 13.8 Å². The van der Waals surface area contributed by atoms with Crippen LogP contribution in [0.4, 0.5) is 0 Å². The SMILES string of the molecule is Cc1cccc(-c2ccc(-c3nc(-c4ccc(-c5ccccc5)cc4)nc(-c4ccc(-c5cccc(C)n5)nc4)n3)cn2)n1. The van der Waals surface area contributed by atoms with Crippen LogP contribution in [-0.4, -0.2) is 34.9 Å². The summed E-state index contributed by atoms with van der Waals surface area (Å²) < 4.78 is 0. The van der Waals surface area contributed by atoms with Crippen molar-refractivity contribution in [1.82, 2.24) is 34.9 Å². The van der Waals surface area contributed by atoms with E-state index >= 15 is 0 Å². The molecule has 0 aliphatic heterocycles. The van der Waals surface area contributed by atoms with Gasteiger partial charge in [-0.15, -0.1) is 0 Å². The lowest BCUT2D eigenvalue weighted by atomic mass is 10.0. The number of hydrogen-bond donors (Lipinski definition) is 0. The third-order valence-electron chi connectivity index (χ3n) is 7.23. The number of pyridine rings is 4. The topological polar surface area (TPSA) is 90.2 Å². The summed E-state index contributed by atoms with van der Waals surface area (Å²) in [6, 6.07) is 38.2. The molecule has 5 heterocycles. The van der Waals surface area contributed by atoms with Gasteiger partial charge in [-0.2, -0.15) is 0 Å². The Morgan fingerprint density at radius 2 is 0.750 bits per heavy atom. The molecule has 0 unspecified atom stereocenters. The molecule has 0 fully saturated rings. The molecule has 0 atom stereocenters. The molecule has 7 heteroatoms. The Morgan fingerprint density at radius 1 is 0.318 bits per heavy atom. The van der Waals surface area contributed by atoms with Gasteiger partial charge in [0.2, 0.25) is 0 Å². The Hall–Kier alpha value is -5.95. The summed E-state index contributed by atoms with van der Waals surface area (Å²) in [6.07, 6.45) is 3.57. The van der Waals surface area contributed by atoms with Crippen LogP contribution in [0.3, 0.4) is 0 Å². The third-order valence-corrected chi connectivity index (χ3v) is 7.23. The van der Waals surface area contributed by atoms with Gasteiger partial charge in [0.15, 0.2) is 17.5 Å².